The highest BCUT2D eigenvalue weighted by molar-refractivity contribution is 9.11. The molecule has 3 nitrogen and oxygen atoms in total. The van der Waals surface area contributed by atoms with Gasteiger partial charge in [0.1, 0.15) is 0 Å². The molecule has 0 radical (unpaired) electrons. The molecular formula is C16H12Br2N2O. The lowest BCUT2D eigenvalue weighted by Gasteiger charge is -2.18. The van der Waals surface area contributed by atoms with Crippen LogP contribution in [0.3, 0.4) is 0 Å². The highest BCUT2D eigenvalue weighted by atomic mass is 79.9. The van der Waals surface area contributed by atoms with Gasteiger partial charge in [-0.25, -0.2) is 0 Å². The summed E-state index contributed by atoms with van der Waals surface area (Å²) in [5.41, 5.74) is 2.13. The molecule has 2 rings (SSSR count). The average molecular weight is 408 g/mol. The Bertz CT molecular complexity index is 702. The monoisotopic (exact) mass is 406 g/mol. The largest absolute Gasteiger partial charge is 0.337 e. The molecule has 2 aromatic carbocycles. The highest BCUT2D eigenvalue weighted by Gasteiger charge is 2.13. The molecule has 0 spiro atoms. The van der Waals surface area contributed by atoms with Gasteiger partial charge in [-0.1, -0.05) is 44.0 Å². The average Bonchev–Trinajstić information content (AvgIpc) is 2.45. The maximum absolute atomic E-state index is 12.4. The number of carbonyl (C=O) groups excluding carboxylic acids is 1. The van der Waals surface area contributed by atoms with Crippen LogP contribution in [0.1, 0.15) is 21.5 Å². The number of rotatable bonds is 3. The highest BCUT2D eigenvalue weighted by Crippen LogP contribution is 2.21. The molecule has 1 amide bonds. The normalized spacial score (nSPS) is 10.0. The van der Waals surface area contributed by atoms with Crippen LogP contribution in [0.25, 0.3) is 0 Å². The van der Waals surface area contributed by atoms with Crippen molar-refractivity contribution in [3.63, 3.8) is 0 Å². The lowest BCUT2D eigenvalue weighted by molar-refractivity contribution is 0.0785. The van der Waals surface area contributed by atoms with Crippen LogP contribution in [0.15, 0.2) is 51.4 Å². The molecule has 0 saturated carbocycles. The van der Waals surface area contributed by atoms with Gasteiger partial charge in [0.25, 0.3) is 5.91 Å². The third kappa shape index (κ3) is 4.16. The van der Waals surface area contributed by atoms with Gasteiger partial charge in [-0.05, 0) is 35.9 Å². The Balaban J connectivity index is 2.17. The summed E-state index contributed by atoms with van der Waals surface area (Å²) in [6.07, 6.45) is 0. The minimum absolute atomic E-state index is 0.0700. The SMILES string of the molecule is CN(Cc1cccc(C#N)c1)C(=O)c1cc(Br)cc(Br)c1. The lowest BCUT2D eigenvalue weighted by atomic mass is 10.1. The molecule has 21 heavy (non-hydrogen) atoms. The number of hydrogen-bond acceptors (Lipinski definition) is 2. The predicted molar refractivity (Wildman–Crippen MR) is 88.8 cm³/mol. The minimum atomic E-state index is -0.0700. The van der Waals surface area contributed by atoms with Crippen LogP contribution >= 0.6 is 31.9 Å². The summed E-state index contributed by atoms with van der Waals surface area (Å²) in [5, 5.41) is 8.90. The maximum atomic E-state index is 12.4. The Kier molecular flexibility index (Phi) is 5.16. The quantitative estimate of drug-likeness (QED) is 0.758. The lowest BCUT2D eigenvalue weighted by Crippen LogP contribution is -2.26. The Morgan fingerprint density at radius 3 is 2.48 bits per heavy atom. The van der Waals surface area contributed by atoms with Crippen molar-refractivity contribution in [1.82, 2.24) is 4.90 Å². The van der Waals surface area contributed by atoms with Gasteiger partial charge >= 0.3 is 0 Å². The fourth-order valence-electron chi connectivity index (χ4n) is 1.98. The number of amides is 1. The molecular weight excluding hydrogens is 396 g/mol. The molecule has 0 fully saturated rings. The van der Waals surface area contributed by atoms with Crippen molar-refractivity contribution in [2.45, 2.75) is 6.54 Å². The number of nitriles is 1. The zero-order chi connectivity index (χ0) is 15.4. The van der Waals surface area contributed by atoms with Crippen LogP contribution in [0.4, 0.5) is 0 Å². The van der Waals surface area contributed by atoms with Crippen LogP contribution in [0.5, 0.6) is 0 Å². The van der Waals surface area contributed by atoms with Gasteiger partial charge in [0.05, 0.1) is 11.6 Å². The molecule has 0 heterocycles. The molecule has 0 unspecified atom stereocenters. The van der Waals surface area contributed by atoms with Gasteiger partial charge in [-0.3, -0.25) is 4.79 Å². The van der Waals surface area contributed by atoms with E-state index in [2.05, 4.69) is 37.9 Å². The topological polar surface area (TPSA) is 44.1 Å². The van der Waals surface area contributed by atoms with Gasteiger partial charge in [0, 0.05) is 28.1 Å². The van der Waals surface area contributed by atoms with E-state index in [1.54, 1.807) is 36.2 Å². The molecule has 0 N–H and O–H groups in total. The van der Waals surface area contributed by atoms with E-state index >= 15 is 0 Å². The second kappa shape index (κ2) is 6.88. The number of nitrogens with zero attached hydrogens (tertiary/aromatic N) is 2. The van der Waals surface area contributed by atoms with E-state index in [9.17, 15) is 4.79 Å². The molecule has 0 atom stereocenters. The molecule has 0 aliphatic rings. The van der Waals surface area contributed by atoms with Gasteiger partial charge in [0.2, 0.25) is 0 Å². The summed E-state index contributed by atoms with van der Waals surface area (Å²) < 4.78 is 1.69. The summed E-state index contributed by atoms with van der Waals surface area (Å²) >= 11 is 6.76. The summed E-state index contributed by atoms with van der Waals surface area (Å²) in [7, 11) is 1.75. The van der Waals surface area contributed by atoms with Gasteiger partial charge in [0.15, 0.2) is 0 Å². The second-order valence-corrected chi connectivity index (χ2v) is 6.46. The van der Waals surface area contributed by atoms with Crippen molar-refractivity contribution in [2.24, 2.45) is 0 Å². The third-order valence-electron chi connectivity index (χ3n) is 2.93. The maximum Gasteiger partial charge on any atom is 0.253 e. The van der Waals surface area contributed by atoms with Gasteiger partial charge < -0.3 is 4.90 Å². The zero-order valence-electron chi connectivity index (χ0n) is 11.3. The van der Waals surface area contributed by atoms with Gasteiger partial charge in [-0.15, -0.1) is 0 Å². The van der Waals surface area contributed by atoms with E-state index in [4.69, 9.17) is 5.26 Å². The van der Waals surface area contributed by atoms with Crippen LogP contribution in [-0.2, 0) is 6.54 Å². The fourth-order valence-corrected chi connectivity index (χ4v) is 3.28. The molecule has 5 heteroatoms. The van der Waals surface area contributed by atoms with Crippen LogP contribution in [0, 0.1) is 11.3 Å². The number of hydrogen-bond donors (Lipinski definition) is 0. The van der Waals surface area contributed by atoms with E-state index in [-0.39, 0.29) is 5.91 Å². The number of carbonyl (C=O) groups is 1. The van der Waals surface area contributed by atoms with E-state index in [1.165, 1.54) is 0 Å². The molecule has 106 valence electrons. The van der Waals surface area contributed by atoms with Gasteiger partial charge in [-0.2, -0.15) is 5.26 Å². The first-order valence-electron chi connectivity index (χ1n) is 6.20. The van der Waals surface area contributed by atoms with Crippen molar-refractivity contribution < 1.29 is 4.79 Å². The van der Waals surface area contributed by atoms with Crippen LogP contribution < -0.4 is 0 Å². The van der Waals surface area contributed by atoms with Crippen LogP contribution in [0.2, 0.25) is 0 Å². The van der Waals surface area contributed by atoms with E-state index in [1.807, 2.05) is 18.2 Å². The van der Waals surface area contributed by atoms with Crippen molar-refractivity contribution in [3.05, 3.63) is 68.1 Å². The smallest absolute Gasteiger partial charge is 0.253 e. The Morgan fingerprint density at radius 2 is 1.86 bits per heavy atom. The minimum Gasteiger partial charge on any atom is -0.337 e. The van der Waals surface area contributed by atoms with Crippen molar-refractivity contribution in [1.29, 1.82) is 5.26 Å². The van der Waals surface area contributed by atoms with E-state index < -0.39 is 0 Å². The Hall–Kier alpha value is -1.64. The first kappa shape index (κ1) is 15.7. The molecule has 0 saturated heterocycles. The third-order valence-corrected chi connectivity index (χ3v) is 3.85. The van der Waals surface area contributed by atoms with Crippen LogP contribution in [-0.4, -0.2) is 17.9 Å². The van der Waals surface area contributed by atoms with Crippen molar-refractivity contribution in [2.75, 3.05) is 7.05 Å². The van der Waals surface area contributed by atoms with Crippen molar-refractivity contribution in [3.8, 4) is 6.07 Å². The zero-order valence-corrected chi connectivity index (χ0v) is 14.5. The first-order valence-corrected chi connectivity index (χ1v) is 7.79. The van der Waals surface area contributed by atoms with E-state index in [0.717, 1.165) is 14.5 Å². The summed E-state index contributed by atoms with van der Waals surface area (Å²) in [4.78, 5) is 14.1. The molecule has 0 aliphatic carbocycles. The second-order valence-electron chi connectivity index (χ2n) is 4.63. The molecule has 0 aliphatic heterocycles. The standard InChI is InChI=1S/C16H12Br2N2O/c1-20(10-12-4-2-3-11(5-12)9-19)16(21)13-6-14(17)8-15(18)7-13/h2-8H,10H2,1H3. The predicted octanol–water partition coefficient (Wildman–Crippen LogP) is 4.36. The summed E-state index contributed by atoms with van der Waals surface area (Å²) in [5.74, 6) is -0.0700. The summed E-state index contributed by atoms with van der Waals surface area (Å²) in [6, 6.07) is 14.8. The number of benzene rings is 2. The number of halogens is 2. The summed E-state index contributed by atoms with van der Waals surface area (Å²) in [6.45, 7) is 0.457. The Labute approximate surface area is 140 Å². The molecule has 0 aromatic heterocycles. The molecule has 2 aromatic rings. The van der Waals surface area contributed by atoms with E-state index in [0.29, 0.717) is 17.7 Å². The Morgan fingerprint density at radius 1 is 1.19 bits per heavy atom. The van der Waals surface area contributed by atoms with Crippen molar-refractivity contribution >= 4 is 37.8 Å². The first-order chi connectivity index (χ1) is 9.99. The molecule has 0 bridgehead atoms. The fraction of sp³-hybridized carbons (Fsp3) is 0.125.